The van der Waals surface area contributed by atoms with Crippen LogP contribution < -0.4 is 10.6 Å². The van der Waals surface area contributed by atoms with Crippen LogP contribution >= 0.6 is 0 Å². The summed E-state index contributed by atoms with van der Waals surface area (Å²) in [6, 6.07) is 10.5. The van der Waals surface area contributed by atoms with Gasteiger partial charge in [-0.1, -0.05) is 24.3 Å². The first-order chi connectivity index (χ1) is 7.79. The van der Waals surface area contributed by atoms with Gasteiger partial charge in [0, 0.05) is 32.5 Å². The molecule has 0 saturated heterocycles. The van der Waals surface area contributed by atoms with Crippen molar-refractivity contribution in [3.63, 3.8) is 0 Å². The van der Waals surface area contributed by atoms with Gasteiger partial charge in [0.25, 0.3) is 0 Å². The Hall–Kier alpha value is -1.74. The van der Waals surface area contributed by atoms with Crippen LogP contribution in [-0.2, 0) is 13.1 Å². The van der Waals surface area contributed by atoms with Crippen molar-refractivity contribution in [2.75, 3.05) is 11.9 Å². The molecule has 0 saturated carbocycles. The number of aromatic amines is 1. The van der Waals surface area contributed by atoms with Crippen LogP contribution in [0.15, 0.2) is 42.7 Å². The Labute approximate surface area is 95.9 Å². The summed E-state index contributed by atoms with van der Waals surface area (Å²) in [5, 5.41) is 0. The maximum absolute atomic E-state index is 5.56. The molecule has 0 bridgehead atoms. The van der Waals surface area contributed by atoms with Crippen molar-refractivity contribution in [3.05, 3.63) is 53.9 Å². The van der Waals surface area contributed by atoms with Crippen molar-refractivity contribution >= 4 is 5.69 Å². The summed E-state index contributed by atoms with van der Waals surface area (Å²) >= 11 is 0. The van der Waals surface area contributed by atoms with Gasteiger partial charge in [-0.3, -0.25) is 0 Å². The molecule has 0 fully saturated rings. The number of nitrogens with two attached hydrogens (primary N) is 1. The van der Waals surface area contributed by atoms with E-state index in [1.807, 2.05) is 12.4 Å². The SMILES string of the molecule is CN(Cc1ccc(CN)cc1)c1cc[nH]c1. The van der Waals surface area contributed by atoms with E-state index in [1.54, 1.807) is 0 Å². The smallest absolute Gasteiger partial charge is 0.0544 e. The monoisotopic (exact) mass is 215 g/mol. The van der Waals surface area contributed by atoms with Gasteiger partial charge in [0.15, 0.2) is 0 Å². The Morgan fingerprint density at radius 3 is 2.38 bits per heavy atom. The fraction of sp³-hybridized carbons (Fsp3) is 0.231. The second-order valence-corrected chi connectivity index (χ2v) is 3.95. The van der Waals surface area contributed by atoms with Crippen molar-refractivity contribution in [3.8, 4) is 0 Å². The number of hydrogen-bond acceptors (Lipinski definition) is 2. The summed E-state index contributed by atoms with van der Waals surface area (Å²) < 4.78 is 0. The van der Waals surface area contributed by atoms with Crippen LogP contribution in [0.1, 0.15) is 11.1 Å². The molecule has 1 aromatic heterocycles. The van der Waals surface area contributed by atoms with Gasteiger partial charge in [-0.05, 0) is 17.2 Å². The van der Waals surface area contributed by atoms with E-state index in [9.17, 15) is 0 Å². The molecule has 1 aromatic carbocycles. The molecule has 2 rings (SSSR count). The Morgan fingerprint density at radius 2 is 1.81 bits per heavy atom. The highest BCUT2D eigenvalue weighted by Gasteiger charge is 2.01. The van der Waals surface area contributed by atoms with Crippen molar-refractivity contribution in [2.45, 2.75) is 13.1 Å². The Bertz CT molecular complexity index is 417. The van der Waals surface area contributed by atoms with Crippen LogP contribution in [0.2, 0.25) is 0 Å². The number of rotatable bonds is 4. The van der Waals surface area contributed by atoms with E-state index < -0.39 is 0 Å². The molecule has 3 heteroatoms. The lowest BCUT2D eigenvalue weighted by Crippen LogP contribution is -2.15. The van der Waals surface area contributed by atoms with Crippen LogP contribution in [0, 0.1) is 0 Å². The molecule has 2 aromatic rings. The number of benzene rings is 1. The third-order valence-electron chi connectivity index (χ3n) is 2.70. The van der Waals surface area contributed by atoms with Gasteiger partial charge in [-0.15, -0.1) is 0 Å². The maximum Gasteiger partial charge on any atom is 0.0544 e. The van der Waals surface area contributed by atoms with Gasteiger partial charge in [0.2, 0.25) is 0 Å². The van der Waals surface area contributed by atoms with E-state index in [0.29, 0.717) is 6.54 Å². The summed E-state index contributed by atoms with van der Waals surface area (Å²) in [5.74, 6) is 0. The summed E-state index contributed by atoms with van der Waals surface area (Å²) in [4.78, 5) is 5.26. The average molecular weight is 215 g/mol. The van der Waals surface area contributed by atoms with Crippen LogP contribution in [0.3, 0.4) is 0 Å². The fourth-order valence-electron chi connectivity index (χ4n) is 1.70. The normalized spacial score (nSPS) is 10.4. The molecule has 0 aliphatic heterocycles. The standard InChI is InChI=1S/C13H17N3/c1-16(13-6-7-15-9-13)10-12-4-2-11(8-14)3-5-12/h2-7,9,15H,8,10,14H2,1H3. The minimum atomic E-state index is 0.605. The van der Waals surface area contributed by atoms with Crippen LogP contribution in [0.5, 0.6) is 0 Å². The van der Waals surface area contributed by atoms with E-state index >= 15 is 0 Å². The summed E-state index contributed by atoms with van der Waals surface area (Å²) in [6.45, 7) is 1.51. The summed E-state index contributed by atoms with van der Waals surface area (Å²) in [5.41, 5.74) is 9.23. The van der Waals surface area contributed by atoms with Crippen LogP contribution in [0.4, 0.5) is 5.69 Å². The van der Waals surface area contributed by atoms with Crippen LogP contribution in [0.25, 0.3) is 0 Å². The number of H-pyrrole nitrogens is 1. The Balaban J connectivity index is 2.03. The fourth-order valence-corrected chi connectivity index (χ4v) is 1.70. The van der Waals surface area contributed by atoms with Gasteiger partial charge >= 0.3 is 0 Å². The predicted molar refractivity (Wildman–Crippen MR) is 67.2 cm³/mol. The number of nitrogens with zero attached hydrogens (tertiary/aromatic N) is 1. The molecule has 3 nitrogen and oxygen atoms in total. The third-order valence-corrected chi connectivity index (χ3v) is 2.70. The lowest BCUT2D eigenvalue weighted by atomic mass is 10.1. The van der Waals surface area contributed by atoms with E-state index in [2.05, 4.69) is 47.3 Å². The zero-order valence-corrected chi connectivity index (χ0v) is 9.48. The average Bonchev–Trinajstić information content (AvgIpc) is 2.83. The molecule has 84 valence electrons. The molecule has 16 heavy (non-hydrogen) atoms. The first-order valence-electron chi connectivity index (χ1n) is 5.41. The minimum absolute atomic E-state index is 0.605. The molecule has 0 atom stereocenters. The Kier molecular flexibility index (Phi) is 3.27. The molecular weight excluding hydrogens is 198 g/mol. The molecule has 0 unspecified atom stereocenters. The molecule has 0 radical (unpaired) electrons. The molecule has 1 heterocycles. The van der Waals surface area contributed by atoms with Gasteiger partial charge in [-0.2, -0.15) is 0 Å². The largest absolute Gasteiger partial charge is 0.369 e. The van der Waals surface area contributed by atoms with E-state index in [1.165, 1.54) is 16.8 Å². The van der Waals surface area contributed by atoms with E-state index in [4.69, 9.17) is 5.73 Å². The van der Waals surface area contributed by atoms with Crippen molar-refractivity contribution in [1.82, 2.24) is 4.98 Å². The van der Waals surface area contributed by atoms with E-state index in [0.717, 1.165) is 6.54 Å². The maximum atomic E-state index is 5.56. The van der Waals surface area contributed by atoms with Gasteiger partial charge in [0.05, 0.1) is 5.69 Å². The number of aromatic nitrogens is 1. The molecular formula is C13H17N3. The first-order valence-corrected chi connectivity index (χ1v) is 5.41. The molecule has 3 N–H and O–H groups in total. The number of hydrogen-bond donors (Lipinski definition) is 2. The first kappa shape index (κ1) is 10.8. The molecule has 0 spiro atoms. The minimum Gasteiger partial charge on any atom is -0.369 e. The zero-order valence-electron chi connectivity index (χ0n) is 9.48. The van der Waals surface area contributed by atoms with Gasteiger partial charge < -0.3 is 15.6 Å². The topological polar surface area (TPSA) is 45.0 Å². The quantitative estimate of drug-likeness (QED) is 0.820. The lowest BCUT2D eigenvalue weighted by molar-refractivity contribution is 0.921. The van der Waals surface area contributed by atoms with Gasteiger partial charge in [-0.25, -0.2) is 0 Å². The second-order valence-electron chi connectivity index (χ2n) is 3.95. The highest BCUT2D eigenvalue weighted by molar-refractivity contribution is 5.44. The van der Waals surface area contributed by atoms with Crippen LogP contribution in [-0.4, -0.2) is 12.0 Å². The summed E-state index contributed by atoms with van der Waals surface area (Å²) in [6.07, 6.45) is 3.93. The molecule has 0 amide bonds. The molecule has 0 aliphatic rings. The highest BCUT2D eigenvalue weighted by atomic mass is 15.1. The van der Waals surface area contributed by atoms with Crippen molar-refractivity contribution in [1.29, 1.82) is 0 Å². The second kappa shape index (κ2) is 4.86. The number of nitrogens with one attached hydrogen (secondary N) is 1. The van der Waals surface area contributed by atoms with Crippen molar-refractivity contribution < 1.29 is 0 Å². The predicted octanol–water partition coefficient (Wildman–Crippen LogP) is 2.11. The van der Waals surface area contributed by atoms with Crippen molar-refractivity contribution in [2.24, 2.45) is 5.73 Å². The summed E-state index contributed by atoms with van der Waals surface area (Å²) in [7, 11) is 2.08. The number of anilines is 1. The lowest BCUT2D eigenvalue weighted by Gasteiger charge is -2.17. The molecule has 0 aliphatic carbocycles. The van der Waals surface area contributed by atoms with Gasteiger partial charge in [0.1, 0.15) is 0 Å². The zero-order chi connectivity index (χ0) is 11.4. The third kappa shape index (κ3) is 2.44. The Morgan fingerprint density at radius 1 is 1.12 bits per heavy atom. The van der Waals surface area contributed by atoms with E-state index in [-0.39, 0.29) is 0 Å². The highest BCUT2D eigenvalue weighted by Crippen LogP contribution is 2.14.